The molecule has 1 aromatic heterocycles. The van der Waals surface area contributed by atoms with Gasteiger partial charge in [-0.05, 0) is 31.2 Å². The molecule has 24 heavy (non-hydrogen) atoms. The van der Waals surface area contributed by atoms with Gasteiger partial charge in [0.25, 0.3) is 15.7 Å². The summed E-state index contributed by atoms with van der Waals surface area (Å²) in [6.07, 6.45) is 2.82. The second-order valence-electron chi connectivity index (χ2n) is 5.23. The summed E-state index contributed by atoms with van der Waals surface area (Å²) in [5, 5.41) is 11.8. The number of nitrogens with one attached hydrogen (secondary N) is 1. The molecule has 8 heteroatoms. The normalized spacial score (nSPS) is 11.4. The highest BCUT2D eigenvalue weighted by atomic mass is 32.2. The van der Waals surface area contributed by atoms with Gasteiger partial charge in [-0.15, -0.1) is 0 Å². The van der Waals surface area contributed by atoms with Crippen molar-refractivity contribution >= 4 is 32.2 Å². The number of hydrogen-bond donors (Lipinski definition) is 1. The largest absolute Gasteiger partial charge is 0.279 e. The average molecular weight is 343 g/mol. The maximum absolute atomic E-state index is 12.5. The first-order valence-corrected chi connectivity index (χ1v) is 8.47. The molecule has 1 N–H and O–H groups in total. The number of nitro benzene ring substituents is 1. The summed E-state index contributed by atoms with van der Waals surface area (Å²) in [4.78, 5) is 14.6. The Hall–Kier alpha value is -3.00. The van der Waals surface area contributed by atoms with E-state index in [1.165, 1.54) is 42.7 Å². The molecule has 0 fully saturated rings. The minimum absolute atomic E-state index is 0.106. The van der Waals surface area contributed by atoms with Crippen LogP contribution < -0.4 is 4.72 Å². The number of aryl methyl sites for hydroxylation is 1. The molecule has 7 nitrogen and oxygen atoms in total. The van der Waals surface area contributed by atoms with Gasteiger partial charge in [0.2, 0.25) is 0 Å². The lowest BCUT2D eigenvalue weighted by molar-refractivity contribution is -0.383. The molecule has 2 aromatic carbocycles. The van der Waals surface area contributed by atoms with Crippen LogP contribution in [0.25, 0.3) is 10.8 Å². The first kappa shape index (κ1) is 15.9. The lowest BCUT2D eigenvalue weighted by Crippen LogP contribution is -2.13. The molecule has 0 spiro atoms. The smallest absolute Gasteiger partial charge is 0.277 e. The van der Waals surface area contributed by atoms with Crippen molar-refractivity contribution in [3.05, 3.63) is 70.5 Å². The van der Waals surface area contributed by atoms with Crippen LogP contribution in [0.2, 0.25) is 0 Å². The molecule has 0 bridgehead atoms. The van der Waals surface area contributed by atoms with Crippen LogP contribution in [0.5, 0.6) is 0 Å². The third-order valence-electron chi connectivity index (χ3n) is 3.57. The fourth-order valence-electron chi connectivity index (χ4n) is 2.34. The molecule has 0 atom stereocenters. The van der Waals surface area contributed by atoms with Gasteiger partial charge in [-0.3, -0.25) is 19.8 Å². The van der Waals surface area contributed by atoms with Crippen LogP contribution in [-0.4, -0.2) is 18.3 Å². The molecule has 0 aliphatic carbocycles. The molecule has 0 aliphatic heterocycles. The zero-order valence-electron chi connectivity index (χ0n) is 12.6. The molecule has 0 unspecified atom stereocenters. The number of non-ortho nitro benzene ring substituents is 1. The number of pyridine rings is 1. The highest BCUT2D eigenvalue weighted by molar-refractivity contribution is 7.92. The Kier molecular flexibility index (Phi) is 3.90. The average Bonchev–Trinajstić information content (AvgIpc) is 2.55. The maximum atomic E-state index is 12.5. The van der Waals surface area contributed by atoms with Crippen molar-refractivity contribution in [1.82, 2.24) is 4.98 Å². The van der Waals surface area contributed by atoms with E-state index >= 15 is 0 Å². The Labute approximate surface area is 138 Å². The maximum Gasteiger partial charge on any atom is 0.277 e. The molecule has 122 valence electrons. The molecule has 0 saturated carbocycles. The van der Waals surface area contributed by atoms with Gasteiger partial charge in [-0.1, -0.05) is 17.7 Å². The number of hydrogen-bond acceptors (Lipinski definition) is 5. The Morgan fingerprint density at radius 1 is 1.04 bits per heavy atom. The quantitative estimate of drug-likeness (QED) is 0.578. The minimum atomic E-state index is -3.80. The number of sulfonamides is 1. The van der Waals surface area contributed by atoms with Crippen molar-refractivity contribution in [2.75, 3.05) is 4.72 Å². The first-order chi connectivity index (χ1) is 11.4. The van der Waals surface area contributed by atoms with E-state index in [0.29, 0.717) is 10.8 Å². The predicted octanol–water partition coefficient (Wildman–Crippen LogP) is 3.25. The Morgan fingerprint density at radius 2 is 1.75 bits per heavy atom. The van der Waals surface area contributed by atoms with Gasteiger partial charge in [-0.2, -0.15) is 0 Å². The van der Waals surface area contributed by atoms with Gasteiger partial charge in [0, 0.05) is 23.8 Å². The van der Waals surface area contributed by atoms with Crippen LogP contribution in [0.3, 0.4) is 0 Å². The Morgan fingerprint density at radius 3 is 2.42 bits per heavy atom. The fraction of sp³-hybridized carbons (Fsp3) is 0.0625. The number of fused-ring (bicyclic) bond motifs is 1. The third-order valence-corrected chi connectivity index (χ3v) is 4.95. The van der Waals surface area contributed by atoms with Crippen LogP contribution >= 0.6 is 0 Å². The fourth-order valence-corrected chi connectivity index (χ4v) is 3.42. The van der Waals surface area contributed by atoms with E-state index in [0.717, 1.165) is 5.56 Å². The van der Waals surface area contributed by atoms with E-state index < -0.39 is 14.9 Å². The summed E-state index contributed by atoms with van der Waals surface area (Å²) in [5.74, 6) is 0. The zero-order chi connectivity index (χ0) is 17.3. The van der Waals surface area contributed by atoms with Gasteiger partial charge >= 0.3 is 0 Å². The monoisotopic (exact) mass is 343 g/mol. The topological polar surface area (TPSA) is 102 Å². The SMILES string of the molecule is Cc1ccc(S(=O)(=O)Nc2ccc([N+](=O)[O-])c3ccncc23)cc1. The van der Waals surface area contributed by atoms with E-state index in [-0.39, 0.29) is 16.3 Å². The summed E-state index contributed by atoms with van der Waals surface area (Å²) in [6.45, 7) is 1.86. The molecule has 0 radical (unpaired) electrons. The highest BCUT2D eigenvalue weighted by Crippen LogP contribution is 2.31. The number of nitro groups is 1. The lowest BCUT2D eigenvalue weighted by atomic mass is 10.1. The molecule has 0 saturated heterocycles. The number of aromatic nitrogens is 1. The van der Waals surface area contributed by atoms with Crippen molar-refractivity contribution < 1.29 is 13.3 Å². The van der Waals surface area contributed by atoms with Gasteiger partial charge in [-0.25, -0.2) is 8.42 Å². The predicted molar refractivity (Wildman–Crippen MR) is 90.4 cm³/mol. The Bertz CT molecular complexity index is 1030. The number of anilines is 1. The standard InChI is InChI=1S/C16H13N3O4S/c1-11-2-4-12(5-3-11)24(22,23)18-15-6-7-16(19(20)21)13-8-9-17-10-14(13)15/h2-10,18H,1H3. The summed E-state index contributed by atoms with van der Waals surface area (Å²) in [7, 11) is -3.80. The van der Waals surface area contributed by atoms with Gasteiger partial charge < -0.3 is 0 Å². The summed E-state index contributed by atoms with van der Waals surface area (Å²) < 4.78 is 27.5. The lowest BCUT2D eigenvalue weighted by Gasteiger charge is -2.11. The molecule has 0 aliphatic rings. The molecule has 0 amide bonds. The van der Waals surface area contributed by atoms with E-state index in [9.17, 15) is 18.5 Å². The minimum Gasteiger partial charge on any atom is -0.279 e. The van der Waals surface area contributed by atoms with Gasteiger partial charge in [0.05, 0.1) is 20.9 Å². The van der Waals surface area contributed by atoms with Crippen molar-refractivity contribution in [3.63, 3.8) is 0 Å². The van der Waals surface area contributed by atoms with Crippen molar-refractivity contribution in [3.8, 4) is 0 Å². The second kappa shape index (κ2) is 5.89. The Balaban J connectivity index is 2.09. The third kappa shape index (κ3) is 2.91. The van der Waals surface area contributed by atoms with E-state index in [2.05, 4.69) is 9.71 Å². The number of benzene rings is 2. The number of rotatable bonds is 4. The first-order valence-electron chi connectivity index (χ1n) is 6.99. The molecular formula is C16H13N3O4S. The van der Waals surface area contributed by atoms with E-state index in [1.54, 1.807) is 12.1 Å². The van der Waals surface area contributed by atoms with Crippen LogP contribution in [-0.2, 0) is 10.0 Å². The van der Waals surface area contributed by atoms with E-state index in [1.807, 2.05) is 6.92 Å². The van der Waals surface area contributed by atoms with Crippen LogP contribution in [0.4, 0.5) is 11.4 Å². The van der Waals surface area contributed by atoms with Crippen molar-refractivity contribution in [1.29, 1.82) is 0 Å². The highest BCUT2D eigenvalue weighted by Gasteiger charge is 2.19. The molecular weight excluding hydrogens is 330 g/mol. The molecule has 3 rings (SSSR count). The van der Waals surface area contributed by atoms with Gasteiger partial charge in [0.1, 0.15) is 0 Å². The number of nitrogens with zero attached hydrogens (tertiary/aromatic N) is 2. The second-order valence-corrected chi connectivity index (χ2v) is 6.91. The van der Waals surface area contributed by atoms with Crippen LogP contribution in [0.1, 0.15) is 5.56 Å². The van der Waals surface area contributed by atoms with Crippen LogP contribution in [0.15, 0.2) is 59.8 Å². The van der Waals surface area contributed by atoms with E-state index in [4.69, 9.17) is 0 Å². The van der Waals surface area contributed by atoms with Crippen molar-refractivity contribution in [2.45, 2.75) is 11.8 Å². The summed E-state index contributed by atoms with van der Waals surface area (Å²) in [5.41, 5.74) is 1.08. The summed E-state index contributed by atoms with van der Waals surface area (Å²) in [6, 6.07) is 10.5. The molecule has 1 heterocycles. The van der Waals surface area contributed by atoms with Crippen LogP contribution in [0, 0.1) is 17.0 Å². The van der Waals surface area contributed by atoms with Crippen molar-refractivity contribution in [2.24, 2.45) is 0 Å². The summed E-state index contributed by atoms with van der Waals surface area (Å²) >= 11 is 0. The molecule has 3 aromatic rings. The zero-order valence-corrected chi connectivity index (χ0v) is 13.4. The van der Waals surface area contributed by atoms with Gasteiger partial charge in [0.15, 0.2) is 0 Å².